The predicted octanol–water partition coefficient (Wildman–Crippen LogP) is 1.05. The van der Waals surface area contributed by atoms with Gasteiger partial charge in [0.15, 0.2) is 0 Å². The van der Waals surface area contributed by atoms with E-state index in [9.17, 15) is 4.79 Å². The van der Waals surface area contributed by atoms with Gasteiger partial charge in [-0.25, -0.2) is 0 Å². The Morgan fingerprint density at radius 2 is 2.42 bits per heavy atom. The van der Waals surface area contributed by atoms with Gasteiger partial charge in [-0.3, -0.25) is 4.79 Å². The Morgan fingerprint density at radius 1 is 1.75 bits per heavy atom. The van der Waals surface area contributed by atoms with Gasteiger partial charge in [-0.1, -0.05) is 13.8 Å². The van der Waals surface area contributed by atoms with Gasteiger partial charge in [-0.05, 0) is 6.07 Å². The second-order valence-corrected chi connectivity index (χ2v) is 2.73. The maximum absolute atomic E-state index is 11.3. The highest BCUT2D eigenvalue weighted by Gasteiger charge is 2.13. The van der Waals surface area contributed by atoms with Crippen LogP contribution in [0.5, 0.6) is 0 Å². The van der Waals surface area contributed by atoms with E-state index in [0.717, 1.165) is 4.68 Å². The summed E-state index contributed by atoms with van der Waals surface area (Å²) >= 11 is 0. The number of hydrogen-bond donors (Lipinski definition) is 0. The highest BCUT2D eigenvalue weighted by Crippen LogP contribution is 2.02. The fourth-order valence-electron chi connectivity index (χ4n) is 0.808. The molecule has 0 saturated heterocycles. The first kappa shape index (κ1) is 8.47. The molecule has 0 N–H and O–H groups in total. The van der Waals surface area contributed by atoms with Crippen molar-refractivity contribution in [3.05, 3.63) is 18.0 Å². The van der Waals surface area contributed by atoms with Crippen LogP contribution >= 0.6 is 0 Å². The minimum atomic E-state index is -0.156. The molecule has 1 heterocycles. The van der Waals surface area contributed by atoms with Crippen LogP contribution in [0.4, 0.5) is 0 Å². The third-order valence-corrected chi connectivity index (χ3v) is 1.46. The van der Waals surface area contributed by atoms with Crippen molar-refractivity contribution in [2.75, 3.05) is 0 Å². The summed E-state index contributed by atoms with van der Waals surface area (Å²) in [6, 6.07) is 3.41. The zero-order chi connectivity index (χ0) is 9.14. The van der Waals surface area contributed by atoms with Crippen LogP contribution in [0.15, 0.2) is 12.3 Å². The van der Waals surface area contributed by atoms with Crippen molar-refractivity contribution in [2.24, 2.45) is 5.92 Å². The third kappa shape index (κ3) is 1.35. The molecular formula is C8H9N3O. The largest absolute Gasteiger partial charge is 0.272 e. The topological polar surface area (TPSA) is 58.7 Å². The Balaban J connectivity index is 3.04. The molecule has 0 radical (unpaired) electrons. The number of nitrogens with zero attached hydrogens (tertiary/aromatic N) is 3. The molecule has 0 atom stereocenters. The lowest BCUT2D eigenvalue weighted by molar-refractivity contribution is 0.0837. The smallest absolute Gasteiger partial charge is 0.250 e. The molecule has 0 spiro atoms. The molecule has 0 aliphatic rings. The van der Waals surface area contributed by atoms with Gasteiger partial charge >= 0.3 is 0 Å². The van der Waals surface area contributed by atoms with Crippen molar-refractivity contribution in [1.82, 2.24) is 9.78 Å². The summed E-state index contributed by atoms with van der Waals surface area (Å²) in [7, 11) is 0. The summed E-state index contributed by atoms with van der Waals surface area (Å²) in [5.74, 6) is -0.298. The Kier molecular flexibility index (Phi) is 2.24. The molecule has 0 amide bonds. The highest BCUT2D eigenvalue weighted by molar-refractivity contribution is 5.81. The van der Waals surface area contributed by atoms with Crippen molar-refractivity contribution in [2.45, 2.75) is 13.8 Å². The van der Waals surface area contributed by atoms with E-state index in [-0.39, 0.29) is 17.5 Å². The Morgan fingerprint density at radius 3 is 2.92 bits per heavy atom. The quantitative estimate of drug-likeness (QED) is 0.621. The second kappa shape index (κ2) is 3.18. The Hall–Kier alpha value is -1.63. The van der Waals surface area contributed by atoms with E-state index in [2.05, 4.69) is 5.10 Å². The molecule has 62 valence electrons. The molecule has 0 aromatic carbocycles. The summed E-state index contributed by atoms with van der Waals surface area (Å²) in [5, 5.41) is 12.3. The first-order chi connectivity index (χ1) is 5.66. The van der Waals surface area contributed by atoms with Gasteiger partial charge in [0, 0.05) is 5.92 Å². The monoisotopic (exact) mass is 163 g/mol. The molecule has 0 saturated carbocycles. The summed E-state index contributed by atoms with van der Waals surface area (Å²) in [6.07, 6.45) is 1.44. The number of carbonyl (C=O) groups is 1. The van der Waals surface area contributed by atoms with Crippen LogP contribution in [0.3, 0.4) is 0 Å². The summed E-state index contributed by atoms with van der Waals surface area (Å²) in [4.78, 5) is 11.3. The summed E-state index contributed by atoms with van der Waals surface area (Å²) in [5.41, 5.74) is 0.286. The molecule has 1 rings (SSSR count). The van der Waals surface area contributed by atoms with Crippen molar-refractivity contribution in [3.8, 4) is 6.07 Å². The zero-order valence-corrected chi connectivity index (χ0v) is 6.98. The average Bonchev–Trinajstić information content (AvgIpc) is 2.49. The first-order valence-electron chi connectivity index (χ1n) is 3.65. The standard InChI is InChI=1S/C8H9N3O/c1-6(2)8(12)11-7(5-9)3-4-10-11/h3-4,6H,1-2H3. The van der Waals surface area contributed by atoms with Gasteiger partial charge in [0.2, 0.25) is 0 Å². The van der Waals surface area contributed by atoms with E-state index in [0.29, 0.717) is 0 Å². The van der Waals surface area contributed by atoms with Gasteiger partial charge in [-0.15, -0.1) is 0 Å². The molecule has 0 aliphatic heterocycles. The van der Waals surface area contributed by atoms with E-state index in [1.54, 1.807) is 13.8 Å². The molecule has 0 unspecified atom stereocenters. The molecule has 0 bridgehead atoms. The number of hydrogen-bond acceptors (Lipinski definition) is 3. The average molecular weight is 163 g/mol. The van der Waals surface area contributed by atoms with Crippen molar-refractivity contribution in [3.63, 3.8) is 0 Å². The maximum atomic E-state index is 11.3. The van der Waals surface area contributed by atoms with Crippen LogP contribution in [-0.4, -0.2) is 15.7 Å². The van der Waals surface area contributed by atoms with Crippen LogP contribution < -0.4 is 0 Å². The van der Waals surface area contributed by atoms with E-state index < -0.39 is 0 Å². The van der Waals surface area contributed by atoms with Crippen LogP contribution in [0.1, 0.15) is 24.3 Å². The minimum Gasteiger partial charge on any atom is -0.272 e. The van der Waals surface area contributed by atoms with Crippen molar-refractivity contribution in [1.29, 1.82) is 5.26 Å². The Labute approximate surface area is 70.4 Å². The molecular weight excluding hydrogens is 154 g/mol. The maximum Gasteiger partial charge on any atom is 0.250 e. The van der Waals surface area contributed by atoms with Gasteiger partial charge in [0.25, 0.3) is 5.91 Å². The van der Waals surface area contributed by atoms with Gasteiger partial charge < -0.3 is 0 Å². The molecule has 4 nitrogen and oxygen atoms in total. The van der Waals surface area contributed by atoms with E-state index in [1.807, 2.05) is 6.07 Å². The van der Waals surface area contributed by atoms with E-state index in [4.69, 9.17) is 5.26 Å². The minimum absolute atomic E-state index is 0.142. The van der Waals surface area contributed by atoms with Gasteiger partial charge in [-0.2, -0.15) is 15.0 Å². The van der Waals surface area contributed by atoms with Crippen LogP contribution in [0.2, 0.25) is 0 Å². The number of rotatable bonds is 1. The van der Waals surface area contributed by atoms with Crippen molar-refractivity contribution >= 4 is 5.91 Å². The highest BCUT2D eigenvalue weighted by atomic mass is 16.2. The lowest BCUT2D eigenvalue weighted by Crippen LogP contribution is -2.19. The third-order valence-electron chi connectivity index (χ3n) is 1.46. The summed E-state index contributed by atoms with van der Waals surface area (Å²) in [6.45, 7) is 3.54. The molecule has 1 aromatic heterocycles. The Bertz CT molecular complexity index is 332. The second-order valence-electron chi connectivity index (χ2n) is 2.73. The first-order valence-corrected chi connectivity index (χ1v) is 3.65. The lowest BCUT2D eigenvalue weighted by atomic mass is 10.2. The molecule has 1 aromatic rings. The molecule has 0 aliphatic carbocycles. The fraction of sp³-hybridized carbons (Fsp3) is 0.375. The van der Waals surface area contributed by atoms with Crippen LogP contribution in [0.25, 0.3) is 0 Å². The van der Waals surface area contributed by atoms with E-state index >= 15 is 0 Å². The molecule has 4 heteroatoms. The van der Waals surface area contributed by atoms with Crippen LogP contribution in [0, 0.1) is 17.2 Å². The summed E-state index contributed by atoms with van der Waals surface area (Å²) < 4.78 is 1.13. The fourth-order valence-corrected chi connectivity index (χ4v) is 0.808. The van der Waals surface area contributed by atoms with Crippen molar-refractivity contribution < 1.29 is 4.79 Å². The number of aromatic nitrogens is 2. The lowest BCUT2D eigenvalue weighted by Gasteiger charge is -2.03. The normalized spacial score (nSPS) is 9.83. The zero-order valence-electron chi connectivity index (χ0n) is 6.98. The van der Waals surface area contributed by atoms with E-state index in [1.165, 1.54) is 12.3 Å². The number of nitriles is 1. The molecule has 0 fully saturated rings. The van der Waals surface area contributed by atoms with Gasteiger partial charge in [0.1, 0.15) is 11.8 Å². The van der Waals surface area contributed by atoms with Gasteiger partial charge in [0.05, 0.1) is 6.20 Å². The van der Waals surface area contributed by atoms with Crippen LogP contribution in [-0.2, 0) is 0 Å². The SMILES string of the molecule is CC(C)C(=O)n1nccc1C#N. The molecule has 12 heavy (non-hydrogen) atoms. The predicted molar refractivity (Wildman–Crippen MR) is 42.4 cm³/mol. The number of carbonyl (C=O) groups excluding carboxylic acids is 1.